The standard InChI is InChI=1S/C16H26N2O4/c1-15(2,3)9-12(19)17-10-13(20)18-6-4-16(5-7-18)8-11(16)14(21)22/h11H,4-10H2,1-3H3,(H,17,19)(H,21,22). The summed E-state index contributed by atoms with van der Waals surface area (Å²) in [4.78, 5) is 36.6. The molecule has 1 atom stereocenters. The van der Waals surface area contributed by atoms with Crippen LogP contribution in [0.4, 0.5) is 0 Å². The van der Waals surface area contributed by atoms with Gasteiger partial charge in [-0.3, -0.25) is 14.4 Å². The van der Waals surface area contributed by atoms with Crippen LogP contribution in [0.3, 0.4) is 0 Å². The van der Waals surface area contributed by atoms with Gasteiger partial charge in [0.15, 0.2) is 0 Å². The van der Waals surface area contributed by atoms with E-state index in [1.165, 1.54) is 0 Å². The Labute approximate surface area is 131 Å². The predicted molar refractivity (Wildman–Crippen MR) is 81.1 cm³/mol. The van der Waals surface area contributed by atoms with Crippen molar-refractivity contribution in [2.75, 3.05) is 19.6 Å². The lowest BCUT2D eigenvalue weighted by molar-refractivity contribution is -0.140. The van der Waals surface area contributed by atoms with Crippen LogP contribution in [0.15, 0.2) is 0 Å². The van der Waals surface area contributed by atoms with E-state index in [0.717, 1.165) is 19.3 Å². The molecule has 6 nitrogen and oxygen atoms in total. The van der Waals surface area contributed by atoms with Crippen LogP contribution < -0.4 is 5.32 Å². The van der Waals surface area contributed by atoms with Crippen molar-refractivity contribution in [3.05, 3.63) is 0 Å². The lowest BCUT2D eigenvalue weighted by Crippen LogP contribution is -2.45. The number of carboxylic acids is 1. The molecule has 1 spiro atoms. The number of aliphatic carboxylic acids is 1. The largest absolute Gasteiger partial charge is 0.481 e. The summed E-state index contributed by atoms with van der Waals surface area (Å²) in [7, 11) is 0. The van der Waals surface area contributed by atoms with Crippen LogP contribution >= 0.6 is 0 Å². The Morgan fingerprint density at radius 3 is 2.27 bits per heavy atom. The number of nitrogens with one attached hydrogen (secondary N) is 1. The molecule has 0 aromatic heterocycles. The zero-order valence-electron chi connectivity index (χ0n) is 13.6. The summed E-state index contributed by atoms with van der Waals surface area (Å²) < 4.78 is 0. The molecule has 0 aromatic carbocycles. The molecule has 2 N–H and O–H groups in total. The Morgan fingerprint density at radius 1 is 1.23 bits per heavy atom. The maximum absolute atomic E-state index is 12.1. The molecule has 2 fully saturated rings. The van der Waals surface area contributed by atoms with Crippen molar-refractivity contribution >= 4 is 17.8 Å². The first-order valence-electron chi connectivity index (χ1n) is 7.90. The van der Waals surface area contributed by atoms with Crippen molar-refractivity contribution in [2.45, 2.75) is 46.5 Å². The average Bonchev–Trinajstić information content (AvgIpc) is 3.09. The summed E-state index contributed by atoms with van der Waals surface area (Å²) >= 11 is 0. The number of amides is 2. The van der Waals surface area contributed by atoms with E-state index in [2.05, 4.69) is 5.32 Å². The number of carbonyl (C=O) groups is 3. The SMILES string of the molecule is CC(C)(C)CC(=O)NCC(=O)N1CCC2(CC1)CC2C(=O)O. The van der Waals surface area contributed by atoms with Crippen LogP contribution in [-0.4, -0.2) is 47.4 Å². The number of carbonyl (C=O) groups excluding carboxylic acids is 2. The van der Waals surface area contributed by atoms with Crippen LogP contribution in [0, 0.1) is 16.7 Å². The number of rotatable bonds is 4. The van der Waals surface area contributed by atoms with Gasteiger partial charge in [-0.2, -0.15) is 0 Å². The number of hydrogen-bond donors (Lipinski definition) is 2. The fourth-order valence-electron chi connectivity index (χ4n) is 3.28. The summed E-state index contributed by atoms with van der Waals surface area (Å²) in [6.07, 6.45) is 2.65. The average molecular weight is 310 g/mol. The molecular formula is C16H26N2O4. The van der Waals surface area contributed by atoms with Gasteiger partial charge in [0.05, 0.1) is 12.5 Å². The number of carboxylic acid groups (broad SMARTS) is 1. The Hall–Kier alpha value is -1.59. The molecule has 0 bridgehead atoms. The molecule has 1 heterocycles. The highest BCUT2D eigenvalue weighted by molar-refractivity contribution is 5.85. The van der Waals surface area contributed by atoms with E-state index in [0.29, 0.717) is 19.5 Å². The molecule has 6 heteroatoms. The Bertz CT molecular complexity index is 473. The Balaban J connectivity index is 1.72. The van der Waals surface area contributed by atoms with Crippen molar-refractivity contribution in [2.24, 2.45) is 16.7 Å². The van der Waals surface area contributed by atoms with Crippen LogP contribution in [0.1, 0.15) is 46.5 Å². The third-order valence-electron chi connectivity index (χ3n) is 4.73. The molecule has 2 amide bonds. The summed E-state index contributed by atoms with van der Waals surface area (Å²) in [5.74, 6) is -1.13. The predicted octanol–water partition coefficient (Wildman–Crippen LogP) is 1.25. The second-order valence-corrected chi connectivity index (χ2v) is 7.85. The van der Waals surface area contributed by atoms with Gasteiger partial charge in [-0.25, -0.2) is 0 Å². The minimum Gasteiger partial charge on any atom is -0.481 e. The number of nitrogens with zero attached hydrogens (tertiary/aromatic N) is 1. The number of piperidine rings is 1. The Kier molecular flexibility index (Phi) is 4.49. The second kappa shape index (κ2) is 5.89. The molecule has 0 aromatic rings. The minimum absolute atomic E-state index is 0.0320. The van der Waals surface area contributed by atoms with Crippen LogP contribution in [-0.2, 0) is 14.4 Å². The first-order chi connectivity index (χ1) is 10.1. The molecule has 22 heavy (non-hydrogen) atoms. The molecule has 1 aliphatic carbocycles. The fraction of sp³-hybridized carbons (Fsp3) is 0.812. The Morgan fingerprint density at radius 2 is 1.82 bits per heavy atom. The molecule has 124 valence electrons. The smallest absolute Gasteiger partial charge is 0.307 e. The van der Waals surface area contributed by atoms with Crippen LogP contribution in [0.25, 0.3) is 0 Å². The monoisotopic (exact) mass is 310 g/mol. The molecular weight excluding hydrogens is 284 g/mol. The molecule has 1 saturated carbocycles. The zero-order chi connectivity index (χ0) is 16.5. The van der Waals surface area contributed by atoms with Crippen LogP contribution in [0.2, 0.25) is 0 Å². The van der Waals surface area contributed by atoms with Crippen molar-refractivity contribution in [3.8, 4) is 0 Å². The third-order valence-corrected chi connectivity index (χ3v) is 4.73. The highest BCUT2D eigenvalue weighted by atomic mass is 16.4. The molecule has 2 aliphatic rings. The van der Waals surface area contributed by atoms with Gasteiger partial charge in [-0.05, 0) is 30.1 Å². The lowest BCUT2D eigenvalue weighted by atomic mass is 9.90. The molecule has 1 saturated heterocycles. The summed E-state index contributed by atoms with van der Waals surface area (Å²) in [5, 5.41) is 11.7. The van der Waals surface area contributed by atoms with Crippen molar-refractivity contribution < 1.29 is 19.5 Å². The summed E-state index contributed by atoms with van der Waals surface area (Å²) in [6, 6.07) is 0. The second-order valence-electron chi connectivity index (χ2n) is 7.85. The summed E-state index contributed by atoms with van der Waals surface area (Å²) in [6.45, 7) is 7.16. The maximum atomic E-state index is 12.1. The van der Waals surface area contributed by atoms with E-state index in [4.69, 9.17) is 5.11 Å². The molecule has 0 radical (unpaired) electrons. The first-order valence-corrected chi connectivity index (χ1v) is 7.90. The van der Waals surface area contributed by atoms with E-state index in [-0.39, 0.29) is 35.1 Å². The normalized spacial score (nSPS) is 23.2. The molecule has 2 rings (SSSR count). The molecule has 1 aliphatic heterocycles. The fourth-order valence-corrected chi connectivity index (χ4v) is 3.28. The highest BCUT2D eigenvalue weighted by Crippen LogP contribution is 2.59. The minimum atomic E-state index is -0.714. The topological polar surface area (TPSA) is 86.7 Å². The van der Waals surface area contributed by atoms with E-state index in [9.17, 15) is 14.4 Å². The van der Waals surface area contributed by atoms with Crippen LogP contribution in [0.5, 0.6) is 0 Å². The van der Waals surface area contributed by atoms with Gasteiger partial charge >= 0.3 is 5.97 Å². The van der Waals surface area contributed by atoms with Crippen molar-refractivity contribution in [3.63, 3.8) is 0 Å². The lowest BCUT2D eigenvalue weighted by Gasteiger charge is -2.32. The first kappa shape index (κ1) is 16.8. The maximum Gasteiger partial charge on any atom is 0.307 e. The van der Waals surface area contributed by atoms with Gasteiger partial charge in [0.2, 0.25) is 11.8 Å². The zero-order valence-corrected chi connectivity index (χ0v) is 13.6. The summed E-state index contributed by atoms with van der Waals surface area (Å²) in [5.41, 5.74) is -0.166. The quantitative estimate of drug-likeness (QED) is 0.818. The number of likely N-dealkylation sites (tertiary alicyclic amines) is 1. The van der Waals surface area contributed by atoms with Gasteiger partial charge in [-0.1, -0.05) is 20.8 Å². The highest BCUT2D eigenvalue weighted by Gasteiger charge is 2.59. The third kappa shape index (κ3) is 3.99. The van der Waals surface area contributed by atoms with Gasteiger partial charge < -0.3 is 15.3 Å². The van der Waals surface area contributed by atoms with E-state index >= 15 is 0 Å². The van der Waals surface area contributed by atoms with E-state index in [1.807, 2.05) is 20.8 Å². The van der Waals surface area contributed by atoms with Gasteiger partial charge in [0.25, 0.3) is 0 Å². The van der Waals surface area contributed by atoms with Crippen molar-refractivity contribution in [1.82, 2.24) is 10.2 Å². The van der Waals surface area contributed by atoms with Gasteiger partial charge in [0, 0.05) is 19.5 Å². The van der Waals surface area contributed by atoms with Gasteiger partial charge in [-0.15, -0.1) is 0 Å². The van der Waals surface area contributed by atoms with Crippen molar-refractivity contribution in [1.29, 1.82) is 0 Å². The number of hydrogen-bond acceptors (Lipinski definition) is 3. The van der Waals surface area contributed by atoms with E-state index < -0.39 is 5.97 Å². The van der Waals surface area contributed by atoms with Gasteiger partial charge in [0.1, 0.15) is 0 Å². The molecule has 1 unspecified atom stereocenters. The van der Waals surface area contributed by atoms with E-state index in [1.54, 1.807) is 4.90 Å².